The van der Waals surface area contributed by atoms with Crippen LogP contribution >= 0.6 is 0 Å². The monoisotopic (exact) mass is 275 g/mol. The molecule has 3 N–H and O–H groups in total. The number of nitrogens with zero attached hydrogens (tertiary/aromatic N) is 1. The highest BCUT2D eigenvalue weighted by atomic mass is 16.2. The molecule has 0 aliphatic carbocycles. The molecular weight excluding hydrogens is 254 g/mol. The minimum absolute atomic E-state index is 0.00317. The van der Waals surface area contributed by atoms with Gasteiger partial charge in [-0.05, 0) is 37.5 Å². The lowest BCUT2D eigenvalue weighted by molar-refractivity contribution is -0.134. The minimum atomic E-state index is -0.471. The third-order valence-corrected chi connectivity index (χ3v) is 3.48. The Labute approximate surface area is 119 Å². The van der Waals surface area contributed by atoms with E-state index in [0.29, 0.717) is 5.69 Å². The number of hydrogen-bond acceptors (Lipinski definition) is 3. The van der Waals surface area contributed by atoms with Crippen molar-refractivity contribution in [2.24, 2.45) is 0 Å². The van der Waals surface area contributed by atoms with Gasteiger partial charge in [-0.15, -0.1) is 0 Å². The lowest BCUT2D eigenvalue weighted by atomic mass is 10.1. The van der Waals surface area contributed by atoms with Gasteiger partial charge in [0.25, 0.3) is 0 Å². The molecule has 1 unspecified atom stereocenters. The molecule has 5 nitrogen and oxygen atoms in total. The fourth-order valence-electron chi connectivity index (χ4n) is 2.45. The molecule has 0 aromatic heterocycles. The topological polar surface area (TPSA) is 75.4 Å². The van der Waals surface area contributed by atoms with Crippen molar-refractivity contribution in [1.29, 1.82) is 0 Å². The summed E-state index contributed by atoms with van der Waals surface area (Å²) >= 11 is 0. The molecule has 1 saturated heterocycles. The lowest BCUT2D eigenvalue weighted by Gasteiger charge is -2.21. The smallest absolute Gasteiger partial charge is 0.244 e. The van der Waals surface area contributed by atoms with Gasteiger partial charge in [0, 0.05) is 18.8 Å². The standard InChI is InChI=1S/C15H21N3O2/c1-11(15(20)18-7-2-3-8-18)17-14(19)10-12-5-4-6-13(16)9-12/h4-6,9,11H,2-3,7-8,10,16H2,1H3,(H,17,19). The van der Waals surface area contributed by atoms with Crippen LogP contribution in [0.1, 0.15) is 25.3 Å². The summed E-state index contributed by atoms with van der Waals surface area (Å²) in [7, 11) is 0. The zero-order chi connectivity index (χ0) is 14.5. The molecule has 1 aromatic carbocycles. The number of likely N-dealkylation sites (tertiary alicyclic amines) is 1. The predicted octanol–water partition coefficient (Wildman–Crippen LogP) is 0.938. The maximum absolute atomic E-state index is 12.1. The zero-order valence-corrected chi connectivity index (χ0v) is 11.8. The maximum atomic E-state index is 12.1. The fraction of sp³-hybridized carbons (Fsp3) is 0.467. The molecule has 0 saturated carbocycles. The van der Waals surface area contributed by atoms with E-state index in [4.69, 9.17) is 5.73 Å². The highest BCUT2D eigenvalue weighted by molar-refractivity contribution is 5.88. The number of nitrogens with one attached hydrogen (secondary N) is 1. The van der Waals surface area contributed by atoms with Crippen LogP contribution in [0.3, 0.4) is 0 Å². The van der Waals surface area contributed by atoms with Gasteiger partial charge in [0.05, 0.1) is 6.42 Å². The van der Waals surface area contributed by atoms with E-state index in [0.717, 1.165) is 31.5 Å². The highest BCUT2D eigenvalue weighted by Crippen LogP contribution is 2.10. The molecule has 2 amide bonds. The molecule has 1 aliphatic rings. The van der Waals surface area contributed by atoms with Gasteiger partial charge < -0.3 is 16.0 Å². The molecule has 1 heterocycles. The molecule has 5 heteroatoms. The number of nitrogens with two attached hydrogens (primary N) is 1. The van der Waals surface area contributed by atoms with Gasteiger partial charge in [0.1, 0.15) is 6.04 Å². The largest absolute Gasteiger partial charge is 0.399 e. The number of nitrogen functional groups attached to an aromatic ring is 1. The third kappa shape index (κ3) is 3.73. The average molecular weight is 275 g/mol. The summed E-state index contributed by atoms with van der Waals surface area (Å²) < 4.78 is 0. The van der Waals surface area contributed by atoms with Gasteiger partial charge in [-0.2, -0.15) is 0 Å². The van der Waals surface area contributed by atoms with E-state index in [1.807, 2.05) is 17.0 Å². The number of amides is 2. The van der Waals surface area contributed by atoms with Crippen LogP contribution in [0.25, 0.3) is 0 Å². The van der Waals surface area contributed by atoms with Crippen molar-refractivity contribution in [1.82, 2.24) is 10.2 Å². The van der Waals surface area contributed by atoms with E-state index in [9.17, 15) is 9.59 Å². The van der Waals surface area contributed by atoms with E-state index in [-0.39, 0.29) is 18.2 Å². The summed E-state index contributed by atoms with van der Waals surface area (Å²) in [4.78, 5) is 25.8. The molecule has 1 aromatic rings. The summed E-state index contributed by atoms with van der Waals surface area (Å²) in [6, 6.07) is 6.74. The van der Waals surface area contributed by atoms with Crippen molar-refractivity contribution in [3.63, 3.8) is 0 Å². The molecular formula is C15H21N3O2. The van der Waals surface area contributed by atoms with Crippen LogP contribution in [-0.2, 0) is 16.0 Å². The fourth-order valence-corrected chi connectivity index (χ4v) is 2.45. The van der Waals surface area contributed by atoms with Crippen LogP contribution < -0.4 is 11.1 Å². The van der Waals surface area contributed by atoms with Crippen molar-refractivity contribution in [3.8, 4) is 0 Å². The summed E-state index contributed by atoms with van der Waals surface area (Å²) in [5.74, 6) is -0.154. The Hall–Kier alpha value is -2.04. The van der Waals surface area contributed by atoms with Crippen LogP contribution in [0.2, 0.25) is 0 Å². The van der Waals surface area contributed by atoms with Gasteiger partial charge in [0.15, 0.2) is 0 Å². The predicted molar refractivity (Wildman–Crippen MR) is 78.0 cm³/mol. The molecule has 2 rings (SSSR count). The summed E-state index contributed by atoms with van der Waals surface area (Å²) in [6.07, 6.45) is 2.34. The Balaban J connectivity index is 1.85. The first kappa shape index (κ1) is 14.4. The summed E-state index contributed by atoms with van der Waals surface area (Å²) in [5.41, 5.74) is 7.16. The maximum Gasteiger partial charge on any atom is 0.244 e. The van der Waals surface area contributed by atoms with E-state index >= 15 is 0 Å². The molecule has 0 bridgehead atoms. The number of benzene rings is 1. The Bertz CT molecular complexity index is 496. The Kier molecular flexibility index (Phi) is 4.61. The molecule has 1 fully saturated rings. The first-order valence-corrected chi connectivity index (χ1v) is 6.99. The summed E-state index contributed by atoms with van der Waals surface area (Å²) in [5, 5.41) is 2.75. The third-order valence-electron chi connectivity index (χ3n) is 3.48. The number of rotatable bonds is 4. The normalized spacial score (nSPS) is 15.9. The van der Waals surface area contributed by atoms with Crippen molar-refractivity contribution in [3.05, 3.63) is 29.8 Å². The molecule has 1 aliphatic heterocycles. The van der Waals surface area contributed by atoms with Gasteiger partial charge in [-0.25, -0.2) is 0 Å². The molecule has 108 valence electrons. The Morgan fingerprint density at radius 3 is 2.70 bits per heavy atom. The quantitative estimate of drug-likeness (QED) is 0.803. The molecule has 1 atom stereocenters. The first-order chi connectivity index (χ1) is 9.56. The van der Waals surface area contributed by atoms with E-state index < -0.39 is 6.04 Å². The second-order valence-corrected chi connectivity index (χ2v) is 5.24. The SMILES string of the molecule is CC(NC(=O)Cc1cccc(N)c1)C(=O)N1CCCC1. The van der Waals surface area contributed by atoms with Crippen LogP contribution in [0.4, 0.5) is 5.69 Å². The highest BCUT2D eigenvalue weighted by Gasteiger charge is 2.24. The Morgan fingerprint density at radius 1 is 1.35 bits per heavy atom. The van der Waals surface area contributed by atoms with Crippen LogP contribution in [0.15, 0.2) is 24.3 Å². The average Bonchev–Trinajstić information content (AvgIpc) is 2.91. The van der Waals surface area contributed by atoms with Gasteiger partial charge in [-0.3, -0.25) is 9.59 Å². The van der Waals surface area contributed by atoms with Crippen molar-refractivity contribution in [2.75, 3.05) is 18.8 Å². The molecule has 0 radical (unpaired) electrons. The first-order valence-electron chi connectivity index (χ1n) is 6.99. The molecule has 20 heavy (non-hydrogen) atoms. The van der Waals surface area contributed by atoms with Crippen molar-refractivity contribution in [2.45, 2.75) is 32.2 Å². The number of anilines is 1. The second-order valence-electron chi connectivity index (χ2n) is 5.24. The van der Waals surface area contributed by atoms with E-state index in [1.54, 1.807) is 19.1 Å². The summed E-state index contributed by atoms with van der Waals surface area (Å²) in [6.45, 7) is 3.33. The van der Waals surface area contributed by atoms with Crippen molar-refractivity contribution >= 4 is 17.5 Å². The van der Waals surface area contributed by atoms with Crippen LogP contribution in [0, 0.1) is 0 Å². The Morgan fingerprint density at radius 2 is 2.05 bits per heavy atom. The van der Waals surface area contributed by atoms with E-state index in [2.05, 4.69) is 5.32 Å². The number of hydrogen-bond donors (Lipinski definition) is 2. The van der Waals surface area contributed by atoms with E-state index in [1.165, 1.54) is 0 Å². The zero-order valence-electron chi connectivity index (χ0n) is 11.8. The molecule has 0 spiro atoms. The second kappa shape index (κ2) is 6.41. The van der Waals surface area contributed by atoms with Crippen LogP contribution in [0.5, 0.6) is 0 Å². The van der Waals surface area contributed by atoms with Gasteiger partial charge in [0.2, 0.25) is 11.8 Å². The number of carbonyl (C=O) groups excluding carboxylic acids is 2. The lowest BCUT2D eigenvalue weighted by Crippen LogP contribution is -2.46. The van der Waals surface area contributed by atoms with Crippen LogP contribution in [-0.4, -0.2) is 35.8 Å². The minimum Gasteiger partial charge on any atom is -0.399 e. The van der Waals surface area contributed by atoms with Gasteiger partial charge >= 0.3 is 0 Å². The van der Waals surface area contributed by atoms with Gasteiger partial charge in [-0.1, -0.05) is 12.1 Å². The van der Waals surface area contributed by atoms with Crippen molar-refractivity contribution < 1.29 is 9.59 Å². The number of carbonyl (C=O) groups is 2.